The van der Waals surface area contributed by atoms with Gasteiger partial charge in [0.05, 0.1) is 6.54 Å². The Kier molecular flexibility index (Phi) is 6.11. The number of hydrogen-bond donors (Lipinski definition) is 2. The normalized spacial score (nSPS) is 9.89. The van der Waals surface area contributed by atoms with E-state index in [1.54, 1.807) is 13.8 Å². The summed E-state index contributed by atoms with van der Waals surface area (Å²) in [5.74, 6) is 3.83. The van der Waals surface area contributed by atoms with Crippen LogP contribution < -0.4 is 11.2 Å². The lowest BCUT2D eigenvalue weighted by Crippen LogP contribution is -2.38. The first-order valence-corrected chi connectivity index (χ1v) is 5.08. The molecule has 0 saturated carbocycles. The monoisotopic (exact) mass is 256 g/mol. The summed E-state index contributed by atoms with van der Waals surface area (Å²) in [6.45, 7) is 3.52. The minimum absolute atomic E-state index is 0.275. The summed E-state index contributed by atoms with van der Waals surface area (Å²) in [5.41, 5.74) is -0.0297. The van der Waals surface area contributed by atoms with Crippen LogP contribution in [0, 0.1) is 20.2 Å². The molecule has 8 nitrogen and oxygen atoms in total. The van der Waals surface area contributed by atoms with E-state index in [2.05, 4.69) is 11.2 Å². The zero-order chi connectivity index (χ0) is 14.2. The van der Waals surface area contributed by atoms with Crippen molar-refractivity contribution in [3.05, 3.63) is 50.6 Å². The molecule has 0 fully saturated rings. The highest BCUT2D eigenvalue weighted by molar-refractivity contribution is 5.42. The van der Waals surface area contributed by atoms with Gasteiger partial charge in [0.2, 0.25) is 5.54 Å². The molecule has 18 heavy (non-hydrogen) atoms. The van der Waals surface area contributed by atoms with Crippen molar-refractivity contribution in [2.75, 3.05) is 11.9 Å². The van der Waals surface area contributed by atoms with Gasteiger partial charge in [-0.15, -0.1) is 0 Å². The Labute approximate surface area is 104 Å². The fraction of sp³-hybridized carbons (Fsp3) is 0.400. The average molecular weight is 256 g/mol. The number of hydrogen-bond acceptors (Lipinski definition) is 5. The standard InChI is InChI=1S/C10H14N2O2.H2N2O2/c1-10(2,12(13)14)8-11-9-6-4-3-5-7-9;1-2(3)4/h3-7,11H,8H2,1-2H3;1H2. The maximum atomic E-state index is 10.6. The second-order valence-electron chi connectivity index (χ2n) is 4.07. The van der Waals surface area contributed by atoms with Crippen LogP contribution in [0.3, 0.4) is 0 Å². The Morgan fingerprint density at radius 2 is 1.67 bits per heavy atom. The smallest absolute Gasteiger partial charge is 0.233 e. The number of nitrogens with zero attached hydrogens (tertiary/aromatic N) is 2. The van der Waals surface area contributed by atoms with Crippen molar-refractivity contribution < 1.29 is 9.96 Å². The third-order valence-corrected chi connectivity index (χ3v) is 1.99. The first kappa shape index (κ1) is 15.6. The van der Waals surface area contributed by atoms with Gasteiger partial charge >= 0.3 is 0 Å². The molecule has 1 rings (SSSR count). The van der Waals surface area contributed by atoms with E-state index >= 15 is 0 Å². The number of rotatable bonds is 4. The van der Waals surface area contributed by atoms with Crippen LogP contribution in [0.25, 0.3) is 0 Å². The summed E-state index contributed by atoms with van der Waals surface area (Å²) in [6.07, 6.45) is 0. The van der Waals surface area contributed by atoms with Crippen molar-refractivity contribution in [1.82, 2.24) is 0 Å². The van der Waals surface area contributed by atoms with Gasteiger partial charge in [0.25, 0.3) is 0 Å². The Hall–Kier alpha value is -2.38. The minimum atomic E-state index is -1.00. The van der Waals surface area contributed by atoms with Gasteiger partial charge in [-0.25, -0.2) is 10.1 Å². The summed E-state index contributed by atoms with van der Waals surface area (Å²) >= 11 is 0. The van der Waals surface area contributed by atoms with Gasteiger partial charge in [0.1, 0.15) is 0 Å². The van der Waals surface area contributed by atoms with Crippen LogP contribution in [0.5, 0.6) is 0 Å². The van der Waals surface area contributed by atoms with Crippen LogP contribution in [0.4, 0.5) is 5.69 Å². The number of nitro groups is 2. The lowest BCUT2D eigenvalue weighted by molar-refractivity contribution is -0.556. The summed E-state index contributed by atoms with van der Waals surface area (Å²) < 4.78 is 0. The van der Waals surface area contributed by atoms with Gasteiger partial charge in [0.15, 0.2) is 5.03 Å². The Morgan fingerprint density at radius 3 is 2.06 bits per heavy atom. The molecule has 100 valence electrons. The molecule has 0 aliphatic carbocycles. The molecule has 0 bridgehead atoms. The van der Waals surface area contributed by atoms with Crippen molar-refractivity contribution in [2.24, 2.45) is 5.84 Å². The Bertz CT molecular complexity index is 390. The topological polar surface area (TPSA) is 124 Å². The summed E-state index contributed by atoms with van der Waals surface area (Å²) in [6, 6.07) is 9.46. The second kappa shape index (κ2) is 7.05. The molecule has 8 heteroatoms. The van der Waals surface area contributed by atoms with E-state index in [0.29, 0.717) is 6.54 Å². The molecule has 0 spiro atoms. The molecule has 0 unspecified atom stereocenters. The molecule has 0 radical (unpaired) electrons. The van der Waals surface area contributed by atoms with E-state index in [9.17, 15) is 10.1 Å². The van der Waals surface area contributed by atoms with Gasteiger partial charge in [-0.1, -0.05) is 18.2 Å². The summed E-state index contributed by atoms with van der Waals surface area (Å²) in [7, 11) is 0. The molecule has 0 heterocycles. The average Bonchev–Trinajstić information content (AvgIpc) is 2.27. The van der Waals surface area contributed by atoms with Crippen LogP contribution in [0.1, 0.15) is 13.8 Å². The van der Waals surface area contributed by atoms with E-state index in [1.165, 1.54) is 0 Å². The highest BCUT2D eigenvalue weighted by Crippen LogP contribution is 2.11. The zero-order valence-corrected chi connectivity index (χ0v) is 10.2. The van der Waals surface area contributed by atoms with Crippen LogP contribution in [0.15, 0.2) is 30.3 Å². The van der Waals surface area contributed by atoms with Crippen molar-refractivity contribution in [1.29, 1.82) is 0 Å². The molecule has 0 aliphatic heterocycles. The molecule has 0 aromatic heterocycles. The zero-order valence-electron chi connectivity index (χ0n) is 10.2. The predicted molar refractivity (Wildman–Crippen MR) is 67.2 cm³/mol. The Balaban J connectivity index is 0.000000631. The van der Waals surface area contributed by atoms with E-state index < -0.39 is 10.6 Å². The fourth-order valence-electron chi connectivity index (χ4n) is 0.939. The first-order chi connectivity index (χ1) is 8.25. The van der Waals surface area contributed by atoms with E-state index in [1.807, 2.05) is 30.3 Å². The molecular formula is C10H16N4O4. The minimum Gasteiger partial charge on any atom is -0.378 e. The molecule has 1 aromatic carbocycles. The van der Waals surface area contributed by atoms with E-state index in [-0.39, 0.29) is 4.92 Å². The highest BCUT2D eigenvalue weighted by Gasteiger charge is 2.29. The molecule has 3 N–H and O–H groups in total. The van der Waals surface area contributed by atoms with Crippen molar-refractivity contribution >= 4 is 5.69 Å². The number of benzene rings is 1. The third kappa shape index (κ3) is 6.99. The quantitative estimate of drug-likeness (QED) is 0.475. The first-order valence-electron chi connectivity index (χ1n) is 5.08. The molecular weight excluding hydrogens is 240 g/mol. The van der Waals surface area contributed by atoms with Crippen molar-refractivity contribution in [3.8, 4) is 0 Å². The Morgan fingerprint density at radius 1 is 1.22 bits per heavy atom. The third-order valence-electron chi connectivity index (χ3n) is 1.99. The number of anilines is 1. The maximum absolute atomic E-state index is 10.6. The van der Waals surface area contributed by atoms with E-state index in [4.69, 9.17) is 10.1 Å². The van der Waals surface area contributed by atoms with Crippen LogP contribution in [-0.4, -0.2) is 22.0 Å². The number of nitrogens with one attached hydrogen (secondary N) is 1. The summed E-state index contributed by atoms with van der Waals surface area (Å²) in [4.78, 5) is 18.9. The number of nitrogens with two attached hydrogens (primary N) is 1. The SMILES string of the molecule is CC(C)(CNc1ccccc1)[N+](=O)[O-].N[N+](=O)[O-]. The van der Waals surface area contributed by atoms with Gasteiger partial charge in [-0.05, 0) is 12.1 Å². The van der Waals surface area contributed by atoms with Crippen LogP contribution in [-0.2, 0) is 0 Å². The predicted octanol–water partition coefficient (Wildman–Crippen LogP) is 1.29. The second-order valence-corrected chi connectivity index (χ2v) is 4.07. The van der Waals surface area contributed by atoms with Gasteiger partial charge in [0, 0.05) is 24.5 Å². The molecule has 1 aromatic rings. The number of para-hydroxylation sites is 1. The van der Waals surface area contributed by atoms with Gasteiger partial charge in [-0.3, -0.25) is 10.1 Å². The maximum Gasteiger partial charge on any atom is 0.233 e. The van der Waals surface area contributed by atoms with Crippen LogP contribution >= 0.6 is 0 Å². The van der Waals surface area contributed by atoms with Crippen LogP contribution in [0.2, 0.25) is 0 Å². The van der Waals surface area contributed by atoms with Crippen molar-refractivity contribution in [2.45, 2.75) is 19.4 Å². The molecule has 0 aliphatic rings. The summed E-state index contributed by atoms with van der Waals surface area (Å²) in [5, 5.41) is 21.2. The molecule has 0 amide bonds. The van der Waals surface area contributed by atoms with Gasteiger partial charge < -0.3 is 5.32 Å². The molecule has 0 saturated heterocycles. The van der Waals surface area contributed by atoms with Crippen molar-refractivity contribution in [3.63, 3.8) is 0 Å². The number of hydrazine groups is 1. The highest BCUT2D eigenvalue weighted by atomic mass is 16.7. The molecule has 0 atom stereocenters. The lowest BCUT2D eigenvalue weighted by atomic mass is 10.1. The lowest BCUT2D eigenvalue weighted by Gasteiger charge is -2.16. The van der Waals surface area contributed by atoms with E-state index in [0.717, 1.165) is 5.69 Å². The van der Waals surface area contributed by atoms with Gasteiger partial charge in [-0.2, -0.15) is 5.84 Å². The largest absolute Gasteiger partial charge is 0.378 e. The fourth-order valence-corrected chi connectivity index (χ4v) is 0.939.